The van der Waals surface area contributed by atoms with Crippen LogP contribution in [0.4, 0.5) is 10.5 Å². The van der Waals surface area contributed by atoms with Gasteiger partial charge in [0, 0.05) is 12.1 Å². The van der Waals surface area contributed by atoms with Gasteiger partial charge < -0.3 is 15.4 Å². The molecule has 2 aromatic carbocycles. The van der Waals surface area contributed by atoms with Crippen molar-refractivity contribution in [2.75, 3.05) is 18.5 Å². The Labute approximate surface area is 181 Å². The third-order valence-corrected chi connectivity index (χ3v) is 4.27. The molecule has 0 saturated carbocycles. The summed E-state index contributed by atoms with van der Waals surface area (Å²) in [5.41, 5.74) is 1.73. The van der Waals surface area contributed by atoms with E-state index in [0.29, 0.717) is 18.0 Å². The summed E-state index contributed by atoms with van der Waals surface area (Å²) in [6.45, 7) is 5.72. The fourth-order valence-corrected chi connectivity index (χ4v) is 2.64. The normalized spacial score (nSPS) is 10.3. The average Bonchev–Trinajstić information content (AvgIpc) is 2.72. The number of rotatable bonds is 8. The molecule has 0 radical (unpaired) electrons. The van der Waals surface area contributed by atoms with Gasteiger partial charge in [0.15, 0.2) is 6.61 Å². The Morgan fingerprint density at radius 1 is 1.00 bits per heavy atom. The van der Waals surface area contributed by atoms with Crippen LogP contribution in [0.1, 0.15) is 46.5 Å². The van der Waals surface area contributed by atoms with Crippen molar-refractivity contribution in [2.45, 2.75) is 27.2 Å². The SMILES string of the molecule is Cc1cccc(C(=O)Nc2ccccc2C(=O)OCC(=O)NC(=O)NCCC(C)C)c1. The molecule has 2 rings (SSSR count). The molecule has 164 valence electrons. The van der Waals surface area contributed by atoms with Crippen LogP contribution in [0, 0.1) is 12.8 Å². The number of nitrogens with one attached hydrogen (secondary N) is 3. The van der Waals surface area contributed by atoms with Crippen LogP contribution in [0.2, 0.25) is 0 Å². The maximum Gasteiger partial charge on any atom is 0.340 e. The van der Waals surface area contributed by atoms with Gasteiger partial charge in [0.25, 0.3) is 11.8 Å². The first kappa shape index (κ1) is 23.6. The highest BCUT2D eigenvalue weighted by molar-refractivity contribution is 6.08. The second-order valence-electron chi connectivity index (χ2n) is 7.43. The highest BCUT2D eigenvalue weighted by atomic mass is 16.5. The molecular weight excluding hydrogens is 398 g/mol. The van der Waals surface area contributed by atoms with Crippen molar-refractivity contribution >= 4 is 29.5 Å². The Morgan fingerprint density at radius 3 is 2.45 bits per heavy atom. The number of anilines is 1. The lowest BCUT2D eigenvalue weighted by molar-refractivity contribution is -0.123. The number of amides is 4. The molecule has 0 spiro atoms. The highest BCUT2D eigenvalue weighted by Gasteiger charge is 2.17. The first-order chi connectivity index (χ1) is 14.8. The van der Waals surface area contributed by atoms with E-state index in [1.807, 2.05) is 26.8 Å². The van der Waals surface area contributed by atoms with E-state index in [9.17, 15) is 19.2 Å². The standard InChI is InChI=1S/C23H27N3O5/c1-15(2)11-12-24-23(30)26-20(27)14-31-22(29)18-9-4-5-10-19(18)25-21(28)17-8-6-7-16(3)13-17/h4-10,13,15H,11-12,14H2,1-3H3,(H,25,28)(H2,24,26,27,30). The summed E-state index contributed by atoms with van der Waals surface area (Å²) in [5, 5.41) is 7.34. The number of benzene rings is 2. The minimum absolute atomic E-state index is 0.0951. The number of imide groups is 1. The summed E-state index contributed by atoms with van der Waals surface area (Å²) in [7, 11) is 0. The number of aryl methyl sites for hydroxylation is 1. The van der Waals surface area contributed by atoms with Crippen molar-refractivity contribution in [1.29, 1.82) is 0 Å². The molecule has 8 heteroatoms. The zero-order chi connectivity index (χ0) is 22.8. The molecule has 0 bridgehead atoms. The monoisotopic (exact) mass is 425 g/mol. The third-order valence-electron chi connectivity index (χ3n) is 4.27. The number of carbonyl (C=O) groups excluding carboxylic acids is 4. The molecule has 0 saturated heterocycles. The van der Waals surface area contributed by atoms with Gasteiger partial charge in [0.05, 0.1) is 11.3 Å². The van der Waals surface area contributed by atoms with Crippen LogP contribution in [0.3, 0.4) is 0 Å². The van der Waals surface area contributed by atoms with Crippen molar-refractivity contribution in [1.82, 2.24) is 10.6 Å². The van der Waals surface area contributed by atoms with Crippen LogP contribution >= 0.6 is 0 Å². The van der Waals surface area contributed by atoms with Gasteiger partial charge in [-0.25, -0.2) is 9.59 Å². The first-order valence-corrected chi connectivity index (χ1v) is 9.98. The molecule has 3 N–H and O–H groups in total. The molecular formula is C23H27N3O5. The summed E-state index contributed by atoms with van der Waals surface area (Å²) in [6.07, 6.45) is 0.779. The lowest BCUT2D eigenvalue weighted by Gasteiger charge is -2.11. The van der Waals surface area contributed by atoms with Crippen LogP contribution in [-0.4, -0.2) is 37.0 Å². The van der Waals surface area contributed by atoms with Gasteiger partial charge in [0.1, 0.15) is 0 Å². The zero-order valence-electron chi connectivity index (χ0n) is 17.9. The van der Waals surface area contributed by atoms with Gasteiger partial charge in [-0.1, -0.05) is 43.7 Å². The molecule has 0 heterocycles. The van der Waals surface area contributed by atoms with Crippen molar-refractivity contribution in [2.24, 2.45) is 5.92 Å². The second kappa shape index (κ2) is 11.5. The van der Waals surface area contributed by atoms with Gasteiger partial charge in [-0.3, -0.25) is 14.9 Å². The topological polar surface area (TPSA) is 114 Å². The number of ether oxygens (including phenoxy) is 1. The van der Waals surface area contributed by atoms with E-state index in [1.165, 1.54) is 6.07 Å². The van der Waals surface area contributed by atoms with Crippen LogP contribution in [-0.2, 0) is 9.53 Å². The Hall–Kier alpha value is -3.68. The van der Waals surface area contributed by atoms with Gasteiger partial charge in [-0.05, 0) is 43.5 Å². The molecule has 8 nitrogen and oxygen atoms in total. The van der Waals surface area contributed by atoms with Crippen molar-refractivity contribution in [3.8, 4) is 0 Å². The highest BCUT2D eigenvalue weighted by Crippen LogP contribution is 2.18. The third kappa shape index (κ3) is 7.93. The molecule has 0 aromatic heterocycles. The van der Waals surface area contributed by atoms with E-state index in [-0.39, 0.29) is 17.2 Å². The summed E-state index contributed by atoms with van der Waals surface area (Å²) in [6, 6.07) is 12.7. The fraction of sp³-hybridized carbons (Fsp3) is 0.304. The minimum Gasteiger partial charge on any atom is -0.452 e. The summed E-state index contributed by atoms with van der Waals surface area (Å²) in [4.78, 5) is 48.4. The second-order valence-corrected chi connectivity index (χ2v) is 7.43. The van der Waals surface area contributed by atoms with E-state index in [1.54, 1.807) is 36.4 Å². The smallest absolute Gasteiger partial charge is 0.340 e. The van der Waals surface area contributed by atoms with Crippen LogP contribution in [0.25, 0.3) is 0 Å². The number of hydrogen-bond donors (Lipinski definition) is 3. The largest absolute Gasteiger partial charge is 0.452 e. The van der Waals surface area contributed by atoms with E-state index in [0.717, 1.165) is 12.0 Å². The summed E-state index contributed by atoms with van der Waals surface area (Å²) < 4.78 is 5.00. The molecule has 0 unspecified atom stereocenters. The van der Waals surface area contributed by atoms with Crippen LogP contribution < -0.4 is 16.0 Å². The molecule has 0 aliphatic rings. The van der Waals surface area contributed by atoms with Gasteiger partial charge >= 0.3 is 12.0 Å². The van der Waals surface area contributed by atoms with Crippen molar-refractivity contribution in [3.63, 3.8) is 0 Å². The quantitative estimate of drug-likeness (QED) is 0.562. The number of urea groups is 1. The Bertz CT molecular complexity index is 956. The molecule has 0 aliphatic carbocycles. The van der Waals surface area contributed by atoms with E-state index < -0.39 is 24.5 Å². The van der Waals surface area contributed by atoms with Gasteiger partial charge in [-0.15, -0.1) is 0 Å². The van der Waals surface area contributed by atoms with Crippen LogP contribution in [0.5, 0.6) is 0 Å². The minimum atomic E-state index is -0.796. The molecule has 0 atom stereocenters. The van der Waals surface area contributed by atoms with Gasteiger partial charge in [0.2, 0.25) is 0 Å². The lowest BCUT2D eigenvalue weighted by atomic mass is 10.1. The Balaban J connectivity index is 1.92. The van der Waals surface area contributed by atoms with Crippen molar-refractivity contribution in [3.05, 3.63) is 65.2 Å². The maximum atomic E-state index is 12.5. The zero-order valence-corrected chi connectivity index (χ0v) is 17.9. The lowest BCUT2D eigenvalue weighted by Crippen LogP contribution is -2.42. The van der Waals surface area contributed by atoms with Gasteiger partial charge in [-0.2, -0.15) is 0 Å². The predicted molar refractivity (Wildman–Crippen MR) is 117 cm³/mol. The Morgan fingerprint density at radius 2 is 1.74 bits per heavy atom. The Kier molecular flexibility index (Phi) is 8.75. The van der Waals surface area contributed by atoms with Crippen LogP contribution in [0.15, 0.2) is 48.5 Å². The fourth-order valence-electron chi connectivity index (χ4n) is 2.64. The number of esters is 1. The predicted octanol–water partition coefficient (Wildman–Crippen LogP) is 3.28. The maximum absolute atomic E-state index is 12.5. The molecule has 0 aliphatic heterocycles. The van der Waals surface area contributed by atoms with E-state index in [4.69, 9.17) is 4.74 Å². The summed E-state index contributed by atoms with van der Waals surface area (Å²) >= 11 is 0. The molecule has 31 heavy (non-hydrogen) atoms. The molecule has 4 amide bonds. The van der Waals surface area contributed by atoms with E-state index in [2.05, 4.69) is 16.0 Å². The number of carbonyl (C=O) groups is 4. The molecule has 0 fully saturated rings. The average molecular weight is 425 g/mol. The van der Waals surface area contributed by atoms with Crippen molar-refractivity contribution < 1.29 is 23.9 Å². The first-order valence-electron chi connectivity index (χ1n) is 9.98. The summed E-state index contributed by atoms with van der Waals surface area (Å²) in [5.74, 6) is -1.50. The molecule has 2 aromatic rings. The number of hydrogen-bond acceptors (Lipinski definition) is 5. The van der Waals surface area contributed by atoms with E-state index >= 15 is 0 Å². The number of para-hydroxylation sites is 1.